The summed E-state index contributed by atoms with van der Waals surface area (Å²) in [6.07, 6.45) is 9.55. The number of carbonyl (C=O) groups excluding carboxylic acids is 2. The first kappa shape index (κ1) is 26.5. The van der Waals surface area contributed by atoms with Gasteiger partial charge in [-0.1, -0.05) is 20.8 Å². The Morgan fingerprint density at radius 1 is 1.15 bits per heavy atom. The van der Waals surface area contributed by atoms with Crippen LogP contribution in [0.5, 0.6) is 0 Å². The summed E-state index contributed by atoms with van der Waals surface area (Å²) in [5.41, 5.74) is 4.14. The number of carbonyl (C=O) groups is 2. The number of hydrogen-bond acceptors (Lipinski definition) is 8. The predicted molar refractivity (Wildman–Crippen MR) is 155 cm³/mol. The van der Waals surface area contributed by atoms with Crippen LogP contribution in [0.1, 0.15) is 17.5 Å². The zero-order chi connectivity index (χ0) is 27.4. The van der Waals surface area contributed by atoms with Gasteiger partial charge in [0.05, 0.1) is 18.1 Å². The topological polar surface area (TPSA) is 148 Å². The zero-order valence-corrected chi connectivity index (χ0v) is 22.8. The average Bonchev–Trinajstić information content (AvgIpc) is 3.38. The van der Waals surface area contributed by atoms with Gasteiger partial charge in [-0.15, -0.1) is 0 Å². The van der Waals surface area contributed by atoms with E-state index in [0.717, 1.165) is 28.7 Å². The lowest BCUT2D eigenvalue weighted by molar-refractivity contribution is -0.125. The number of benzene rings is 1. The van der Waals surface area contributed by atoms with Crippen molar-refractivity contribution in [2.75, 3.05) is 29.0 Å². The highest BCUT2D eigenvalue weighted by atomic mass is 35.5. The summed E-state index contributed by atoms with van der Waals surface area (Å²) in [6.45, 7) is 0.944. The number of allylic oxidation sites excluding steroid dienone is 1. The van der Waals surface area contributed by atoms with Gasteiger partial charge in [0.1, 0.15) is 5.02 Å². The molecule has 3 amide bonds. The third kappa shape index (κ3) is 6.50. The van der Waals surface area contributed by atoms with Gasteiger partial charge in [0.2, 0.25) is 5.95 Å². The van der Waals surface area contributed by atoms with E-state index in [1.54, 1.807) is 11.1 Å². The average molecular weight is 564 g/mol. The quantitative estimate of drug-likeness (QED) is 0.181. The molecule has 2 atom stereocenters. The molecular weight excluding hydrogens is 537 g/mol. The second-order valence-corrected chi connectivity index (χ2v) is 10.2. The molecule has 1 saturated heterocycles. The first-order chi connectivity index (χ1) is 18.9. The predicted octanol–water partition coefficient (Wildman–Crippen LogP) is 4.24. The van der Waals surface area contributed by atoms with E-state index < -0.39 is 0 Å². The van der Waals surface area contributed by atoms with E-state index in [9.17, 15) is 9.59 Å². The van der Waals surface area contributed by atoms with Gasteiger partial charge in [-0.3, -0.25) is 9.78 Å². The molecule has 0 spiro atoms. The highest BCUT2D eigenvalue weighted by molar-refractivity contribution is 7.25. The summed E-state index contributed by atoms with van der Waals surface area (Å²) >= 11 is 6.35. The Morgan fingerprint density at radius 3 is 2.87 bits per heavy atom. The molecule has 5 N–H and O–H groups in total. The number of nitrogens with zero attached hydrogens (tertiary/aromatic N) is 4. The van der Waals surface area contributed by atoms with Gasteiger partial charge in [0, 0.05) is 48.2 Å². The van der Waals surface area contributed by atoms with E-state index in [2.05, 4.69) is 45.5 Å². The van der Waals surface area contributed by atoms with E-state index in [1.807, 2.05) is 30.5 Å². The van der Waals surface area contributed by atoms with Crippen molar-refractivity contribution in [3.8, 4) is 0 Å². The second-order valence-electron chi connectivity index (χ2n) is 9.22. The van der Waals surface area contributed by atoms with Crippen LogP contribution in [0.4, 0.5) is 33.6 Å². The van der Waals surface area contributed by atoms with Crippen LogP contribution < -0.4 is 21.3 Å². The lowest BCUT2D eigenvalue weighted by Gasteiger charge is -2.18. The van der Waals surface area contributed by atoms with Gasteiger partial charge in [-0.2, -0.15) is 4.98 Å². The number of hydrogen-bond donors (Lipinski definition) is 5. The van der Waals surface area contributed by atoms with Crippen molar-refractivity contribution in [2.24, 2.45) is 0 Å². The molecule has 13 heteroatoms. The van der Waals surface area contributed by atoms with Gasteiger partial charge in [-0.25, -0.2) is 9.78 Å². The van der Waals surface area contributed by atoms with Crippen LogP contribution in [0, 0.1) is 5.41 Å². The van der Waals surface area contributed by atoms with Crippen LogP contribution in [0.3, 0.4) is 0 Å². The molecule has 0 saturated carbocycles. The molecule has 2 aliphatic heterocycles. The molecule has 11 nitrogen and oxygen atoms in total. The fraction of sp³-hybridized carbons (Fsp3) is 0.231. The van der Waals surface area contributed by atoms with E-state index in [4.69, 9.17) is 17.0 Å². The minimum Gasteiger partial charge on any atom is -0.339 e. The monoisotopic (exact) mass is 563 g/mol. The Labute approximate surface area is 232 Å². The molecule has 39 heavy (non-hydrogen) atoms. The number of fused-ring (bicyclic) bond motifs is 6. The third-order valence-electron chi connectivity index (χ3n) is 6.41. The summed E-state index contributed by atoms with van der Waals surface area (Å²) < 4.78 is 0. The van der Waals surface area contributed by atoms with Gasteiger partial charge in [0.25, 0.3) is 5.91 Å². The van der Waals surface area contributed by atoms with Gasteiger partial charge < -0.3 is 31.6 Å². The van der Waals surface area contributed by atoms with Gasteiger partial charge in [-0.05, 0) is 60.7 Å². The summed E-state index contributed by atoms with van der Waals surface area (Å²) in [5.74, 6) is 0.681. The molecule has 3 aromatic rings. The van der Waals surface area contributed by atoms with E-state index >= 15 is 0 Å². The molecule has 1 aromatic carbocycles. The van der Waals surface area contributed by atoms with Crippen molar-refractivity contribution in [1.82, 2.24) is 25.2 Å². The number of aryl methyl sites for hydroxylation is 2. The normalized spacial score (nSPS) is 16.5. The van der Waals surface area contributed by atoms with Crippen LogP contribution in [-0.4, -0.2) is 57.1 Å². The summed E-state index contributed by atoms with van der Waals surface area (Å²) in [7, 11) is 2.36. The first-order valence-electron chi connectivity index (χ1n) is 12.3. The molecule has 5 rings (SSSR count). The van der Waals surface area contributed by atoms with Crippen molar-refractivity contribution in [2.45, 2.75) is 25.3 Å². The van der Waals surface area contributed by atoms with Crippen LogP contribution in [-0.2, 0) is 17.6 Å². The summed E-state index contributed by atoms with van der Waals surface area (Å²) in [5, 5.41) is 20.3. The smallest absolute Gasteiger partial charge is 0.319 e. The van der Waals surface area contributed by atoms with Crippen molar-refractivity contribution in [3.63, 3.8) is 0 Å². The van der Waals surface area contributed by atoms with E-state index in [0.29, 0.717) is 60.1 Å². The van der Waals surface area contributed by atoms with E-state index in [-0.39, 0.29) is 18.0 Å². The Kier molecular flexibility index (Phi) is 7.99. The molecule has 4 heterocycles. The molecule has 2 unspecified atom stereocenters. The third-order valence-corrected chi connectivity index (χ3v) is 7.13. The van der Waals surface area contributed by atoms with Crippen molar-refractivity contribution < 1.29 is 9.59 Å². The van der Waals surface area contributed by atoms with Crippen molar-refractivity contribution >= 4 is 67.8 Å². The first-order valence-corrected chi connectivity index (χ1v) is 13.3. The maximum Gasteiger partial charge on any atom is 0.319 e. The lowest BCUT2D eigenvalue weighted by atomic mass is 10.0. The fourth-order valence-electron chi connectivity index (χ4n) is 4.50. The van der Waals surface area contributed by atoms with Gasteiger partial charge in [0.15, 0.2) is 5.82 Å². The molecule has 6 bridgehead atoms. The number of likely N-dealkylation sites (tertiary alicyclic amines) is 1. The number of rotatable bonds is 4. The van der Waals surface area contributed by atoms with Gasteiger partial charge >= 0.3 is 6.03 Å². The van der Waals surface area contributed by atoms with Crippen LogP contribution >= 0.6 is 20.8 Å². The Balaban J connectivity index is 1.33. The zero-order valence-electron chi connectivity index (χ0n) is 20.9. The number of anilines is 5. The highest BCUT2D eigenvalue weighted by Crippen LogP contribution is 2.29. The molecule has 200 valence electrons. The minimum absolute atomic E-state index is 0.160. The second kappa shape index (κ2) is 11.8. The maximum atomic E-state index is 12.9. The Hall–Kier alpha value is -4.08. The number of aromatic nitrogens is 3. The molecule has 0 radical (unpaired) electrons. The summed E-state index contributed by atoms with van der Waals surface area (Å²) in [6, 6.07) is 7.12. The van der Waals surface area contributed by atoms with Crippen molar-refractivity contribution in [1.29, 1.82) is 5.41 Å². The largest absolute Gasteiger partial charge is 0.339 e. The van der Waals surface area contributed by atoms with E-state index in [1.165, 1.54) is 12.3 Å². The minimum atomic E-state index is -0.341. The van der Waals surface area contributed by atoms with Crippen LogP contribution in [0.25, 0.3) is 0 Å². The maximum absolute atomic E-state index is 12.9. The number of nitrogens with one attached hydrogen (secondary N) is 5. The standard InChI is InChI=1S/C26H27ClN9O2P/c27-20-13-30-25-32-19-9-15(11-29-12-19)1-2-16-10-17(31-23(20)35-25)3-4-21(16)34-26(38)33-18-6-8-36(14-18)24(37)22(39)5-7-28/h3-5,7,9-13,18,28H,1-2,6,8,14,39H2,(H2,33,34,38)(H2,30,31,32,35)/b22-5-,28-7?. The fourth-order valence-corrected chi connectivity index (χ4v) is 4.92. The summed E-state index contributed by atoms with van der Waals surface area (Å²) in [4.78, 5) is 40.2. The number of urea groups is 1. The van der Waals surface area contributed by atoms with Crippen molar-refractivity contribution in [3.05, 3.63) is 70.4 Å². The van der Waals surface area contributed by atoms with Crippen LogP contribution in [0.15, 0.2) is 54.2 Å². The molecule has 2 aliphatic rings. The van der Waals surface area contributed by atoms with Crippen LogP contribution in [0.2, 0.25) is 5.02 Å². The molecule has 2 aromatic heterocycles. The Morgan fingerprint density at radius 2 is 2.03 bits per heavy atom. The number of halogens is 1. The Bertz CT molecular complexity index is 1470. The lowest BCUT2D eigenvalue weighted by Crippen LogP contribution is -2.40. The number of amides is 3. The number of pyridine rings is 1. The molecule has 0 aliphatic carbocycles. The highest BCUT2D eigenvalue weighted by Gasteiger charge is 2.28. The SMILES string of the molecule is N=C/C=C(\P)C(=O)N1CCC(NC(=O)Nc2ccc3cc2CCc2cncc(c2)Nc2ncc(Cl)c(n2)N3)C1. The molecular formula is C26H27ClN9O2P. The molecule has 1 fully saturated rings.